The van der Waals surface area contributed by atoms with Gasteiger partial charge in [0, 0.05) is 40.0 Å². The SMILES string of the molecule is CN=C(NCCCOC1CCOCC1)NCCCC(C)C.I. The molecule has 5 nitrogen and oxygen atoms in total. The van der Waals surface area contributed by atoms with Crippen molar-refractivity contribution in [3.8, 4) is 0 Å². The zero-order valence-electron chi connectivity index (χ0n) is 14.4. The lowest BCUT2D eigenvalue weighted by molar-refractivity contribution is -0.0320. The van der Waals surface area contributed by atoms with E-state index in [2.05, 4.69) is 29.5 Å². The van der Waals surface area contributed by atoms with Crippen LogP contribution >= 0.6 is 24.0 Å². The van der Waals surface area contributed by atoms with Gasteiger partial charge in [-0.2, -0.15) is 0 Å². The van der Waals surface area contributed by atoms with Gasteiger partial charge < -0.3 is 20.1 Å². The van der Waals surface area contributed by atoms with Crippen LogP contribution in [0.1, 0.15) is 46.0 Å². The molecule has 1 aliphatic rings. The largest absolute Gasteiger partial charge is 0.381 e. The van der Waals surface area contributed by atoms with Crippen LogP contribution in [0.25, 0.3) is 0 Å². The molecule has 1 fully saturated rings. The summed E-state index contributed by atoms with van der Waals surface area (Å²) in [6, 6.07) is 0. The molecule has 1 saturated heterocycles. The molecular weight excluding hydrogens is 393 g/mol. The molecule has 132 valence electrons. The third kappa shape index (κ3) is 11.5. The minimum absolute atomic E-state index is 0. The first-order valence-corrected chi connectivity index (χ1v) is 8.36. The topological polar surface area (TPSA) is 54.9 Å². The van der Waals surface area contributed by atoms with E-state index in [1.54, 1.807) is 0 Å². The van der Waals surface area contributed by atoms with Crippen LogP contribution in [0.15, 0.2) is 4.99 Å². The van der Waals surface area contributed by atoms with Crippen LogP contribution < -0.4 is 10.6 Å². The molecule has 1 heterocycles. The second-order valence-corrected chi connectivity index (χ2v) is 6.00. The van der Waals surface area contributed by atoms with E-state index in [0.717, 1.165) is 64.1 Å². The Morgan fingerprint density at radius 3 is 2.41 bits per heavy atom. The number of nitrogens with one attached hydrogen (secondary N) is 2. The van der Waals surface area contributed by atoms with Crippen LogP contribution in [0, 0.1) is 5.92 Å². The summed E-state index contributed by atoms with van der Waals surface area (Å²) in [5, 5.41) is 6.68. The molecule has 0 bridgehead atoms. The van der Waals surface area contributed by atoms with E-state index in [-0.39, 0.29) is 24.0 Å². The highest BCUT2D eigenvalue weighted by molar-refractivity contribution is 14.0. The number of aliphatic imine (C=N–C) groups is 1. The molecule has 2 N–H and O–H groups in total. The van der Waals surface area contributed by atoms with Crippen LogP contribution in [0.4, 0.5) is 0 Å². The average Bonchev–Trinajstić information content (AvgIpc) is 2.50. The fourth-order valence-corrected chi connectivity index (χ4v) is 2.31. The Hall–Kier alpha value is -0.0800. The first-order valence-electron chi connectivity index (χ1n) is 8.36. The molecular formula is C16H34IN3O2. The Labute approximate surface area is 153 Å². The van der Waals surface area contributed by atoms with Crippen molar-refractivity contribution in [1.82, 2.24) is 10.6 Å². The molecule has 0 saturated carbocycles. The molecule has 6 heteroatoms. The smallest absolute Gasteiger partial charge is 0.190 e. The van der Waals surface area contributed by atoms with Crippen molar-refractivity contribution in [1.29, 1.82) is 0 Å². The average molecular weight is 427 g/mol. The van der Waals surface area contributed by atoms with Gasteiger partial charge in [0.25, 0.3) is 0 Å². The second-order valence-electron chi connectivity index (χ2n) is 6.00. The van der Waals surface area contributed by atoms with Crippen LogP contribution in [0.5, 0.6) is 0 Å². The van der Waals surface area contributed by atoms with Crippen LogP contribution in [-0.4, -0.2) is 52.0 Å². The fourth-order valence-electron chi connectivity index (χ4n) is 2.31. The van der Waals surface area contributed by atoms with Gasteiger partial charge in [-0.25, -0.2) is 0 Å². The summed E-state index contributed by atoms with van der Waals surface area (Å²) in [4.78, 5) is 4.23. The maximum atomic E-state index is 5.84. The van der Waals surface area contributed by atoms with Crippen molar-refractivity contribution < 1.29 is 9.47 Å². The number of ether oxygens (including phenoxy) is 2. The predicted octanol–water partition coefficient (Wildman–Crippen LogP) is 2.79. The first-order chi connectivity index (χ1) is 10.2. The number of hydrogen-bond donors (Lipinski definition) is 2. The summed E-state index contributed by atoms with van der Waals surface area (Å²) in [7, 11) is 1.82. The first kappa shape index (κ1) is 21.9. The van der Waals surface area contributed by atoms with E-state index in [9.17, 15) is 0 Å². The minimum atomic E-state index is 0. The summed E-state index contributed by atoms with van der Waals surface area (Å²) in [5.41, 5.74) is 0. The summed E-state index contributed by atoms with van der Waals surface area (Å²) < 4.78 is 11.2. The van der Waals surface area contributed by atoms with Gasteiger partial charge in [0.15, 0.2) is 5.96 Å². The lowest BCUT2D eigenvalue weighted by atomic mass is 10.1. The highest BCUT2D eigenvalue weighted by atomic mass is 127. The maximum Gasteiger partial charge on any atom is 0.190 e. The predicted molar refractivity (Wildman–Crippen MR) is 103 cm³/mol. The molecule has 0 radical (unpaired) electrons. The van der Waals surface area contributed by atoms with Gasteiger partial charge >= 0.3 is 0 Å². The molecule has 0 amide bonds. The van der Waals surface area contributed by atoms with Crippen LogP contribution in [-0.2, 0) is 9.47 Å². The third-order valence-corrected chi connectivity index (χ3v) is 3.61. The standard InChI is InChI=1S/C16H33N3O2.HI/c1-14(2)6-4-9-18-16(17-3)19-10-5-11-21-15-7-12-20-13-8-15;/h14-15H,4-13H2,1-3H3,(H2,17,18,19);1H. The van der Waals surface area contributed by atoms with E-state index in [0.29, 0.717) is 6.10 Å². The van der Waals surface area contributed by atoms with Gasteiger partial charge in [-0.15, -0.1) is 24.0 Å². The van der Waals surface area contributed by atoms with E-state index >= 15 is 0 Å². The second kappa shape index (κ2) is 14.5. The lowest BCUT2D eigenvalue weighted by Crippen LogP contribution is -2.38. The highest BCUT2D eigenvalue weighted by Crippen LogP contribution is 2.10. The minimum Gasteiger partial charge on any atom is -0.381 e. The Morgan fingerprint density at radius 1 is 1.18 bits per heavy atom. The molecule has 1 aliphatic heterocycles. The van der Waals surface area contributed by atoms with Gasteiger partial charge in [0.05, 0.1) is 6.10 Å². The zero-order valence-corrected chi connectivity index (χ0v) is 16.7. The third-order valence-electron chi connectivity index (χ3n) is 3.61. The molecule has 1 rings (SSSR count). The molecule has 0 unspecified atom stereocenters. The van der Waals surface area contributed by atoms with Gasteiger partial charge in [-0.05, 0) is 38.0 Å². The number of hydrogen-bond acceptors (Lipinski definition) is 3. The van der Waals surface area contributed by atoms with Gasteiger partial charge in [0.2, 0.25) is 0 Å². The molecule has 0 atom stereocenters. The van der Waals surface area contributed by atoms with E-state index in [1.807, 2.05) is 7.05 Å². The fraction of sp³-hybridized carbons (Fsp3) is 0.938. The van der Waals surface area contributed by atoms with Gasteiger partial charge in [-0.3, -0.25) is 4.99 Å². The Morgan fingerprint density at radius 2 is 1.82 bits per heavy atom. The van der Waals surface area contributed by atoms with E-state index in [4.69, 9.17) is 9.47 Å². The number of guanidine groups is 1. The van der Waals surface area contributed by atoms with Crippen molar-refractivity contribution in [2.24, 2.45) is 10.9 Å². The Bertz CT molecular complexity index is 283. The summed E-state index contributed by atoms with van der Waals surface area (Å²) in [6.45, 7) is 8.88. The summed E-state index contributed by atoms with van der Waals surface area (Å²) in [5.74, 6) is 1.66. The molecule has 0 aromatic carbocycles. The molecule has 0 aromatic heterocycles. The van der Waals surface area contributed by atoms with Crippen LogP contribution in [0.2, 0.25) is 0 Å². The highest BCUT2D eigenvalue weighted by Gasteiger charge is 2.13. The van der Waals surface area contributed by atoms with Crippen molar-refractivity contribution in [2.75, 3.05) is 40.0 Å². The van der Waals surface area contributed by atoms with E-state index in [1.165, 1.54) is 12.8 Å². The maximum absolute atomic E-state index is 5.84. The summed E-state index contributed by atoms with van der Waals surface area (Å²) in [6.07, 6.45) is 5.91. The molecule has 0 aromatic rings. The van der Waals surface area contributed by atoms with Crippen molar-refractivity contribution >= 4 is 29.9 Å². The van der Waals surface area contributed by atoms with Crippen molar-refractivity contribution in [3.05, 3.63) is 0 Å². The molecule has 0 spiro atoms. The monoisotopic (exact) mass is 427 g/mol. The summed E-state index contributed by atoms with van der Waals surface area (Å²) >= 11 is 0. The number of nitrogens with zero attached hydrogens (tertiary/aromatic N) is 1. The lowest BCUT2D eigenvalue weighted by Gasteiger charge is -2.22. The van der Waals surface area contributed by atoms with Crippen molar-refractivity contribution in [2.45, 2.75) is 52.1 Å². The molecule has 0 aliphatic carbocycles. The van der Waals surface area contributed by atoms with Crippen molar-refractivity contribution in [3.63, 3.8) is 0 Å². The zero-order chi connectivity index (χ0) is 15.3. The number of halogens is 1. The van der Waals surface area contributed by atoms with Gasteiger partial charge in [0.1, 0.15) is 0 Å². The van der Waals surface area contributed by atoms with Gasteiger partial charge in [-0.1, -0.05) is 13.8 Å². The van der Waals surface area contributed by atoms with Crippen LogP contribution in [0.3, 0.4) is 0 Å². The Kier molecular flexibility index (Phi) is 14.5. The van der Waals surface area contributed by atoms with E-state index < -0.39 is 0 Å². The number of rotatable bonds is 9. The Balaban J connectivity index is 0.00000441. The molecule has 22 heavy (non-hydrogen) atoms. The normalized spacial score (nSPS) is 16.5. The quantitative estimate of drug-likeness (QED) is 0.257.